The summed E-state index contributed by atoms with van der Waals surface area (Å²) in [4.78, 5) is 54.1. The number of nitrogens with one attached hydrogen (secondary N) is 4. The number of hydrogen-bond donors (Lipinski definition) is 4. The number of likely N-dealkylation sites (tertiary alicyclic amines) is 1. The summed E-state index contributed by atoms with van der Waals surface area (Å²) in [6, 6.07) is -1.12. The van der Waals surface area contributed by atoms with Crippen LogP contribution in [0, 0.1) is 17.3 Å². The van der Waals surface area contributed by atoms with Crippen molar-refractivity contribution < 1.29 is 33.2 Å². The van der Waals surface area contributed by atoms with Crippen LogP contribution in [-0.2, 0) is 23.6 Å². The molecule has 266 valence electrons. The summed E-state index contributed by atoms with van der Waals surface area (Å²) in [6.45, 7) is 19.6. The monoisotopic (exact) mass is 677 g/mol. The second kappa shape index (κ2) is 14.3. The Kier molecular flexibility index (Phi) is 11.4. The molecule has 12 nitrogen and oxygen atoms in total. The van der Waals surface area contributed by atoms with E-state index in [2.05, 4.69) is 61.7 Å². The number of carbonyl (C=O) groups excluding carboxylic acids is 4. The van der Waals surface area contributed by atoms with Crippen molar-refractivity contribution >= 4 is 39.1 Å². The predicted octanol–water partition coefficient (Wildman–Crippen LogP) is 4.06. The Morgan fingerprint density at radius 2 is 1.77 bits per heavy atom. The zero-order valence-corrected chi connectivity index (χ0v) is 31.4. The third-order valence-corrected chi connectivity index (χ3v) is 12.4. The molecule has 2 saturated heterocycles. The maximum atomic E-state index is 14.0. The molecule has 2 heterocycles. The topological polar surface area (TPSA) is 147 Å². The van der Waals surface area contributed by atoms with Crippen LogP contribution in [0.2, 0.25) is 25.7 Å². The molecule has 0 unspecified atom stereocenters. The van der Waals surface area contributed by atoms with Crippen LogP contribution in [0.1, 0.15) is 86.5 Å². The number of ether oxygens (including phenoxy) is 1. The first-order valence-corrected chi connectivity index (χ1v) is 21.3. The lowest BCUT2D eigenvalue weighted by Gasteiger charge is -2.64. The summed E-state index contributed by atoms with van der Waals surface area (Å²) in [5, 5.41) is 11.5. The lowest BCUT2D eigenvalue weighted by Crippen LogP contribution is -2.65. The van der Waals surface area contributed by atoms with Gasteiger partial charge in [0.1, 0.15) is 17.7 Å². The van der Waals surface area contributed by atoms with E-state index in [9.17, 15) is 19.2 Å². The smallest absolute Gasteiger partial charge is 0.444 e. The normalized spacial score (nSPS) is 29.2. The van der Waals surface area contributed by atoms with Crippen molar-refractivity contribution in [3.05, 3.63) is 0 Å². The van der Waals surface area contributed by atoms with Crippen LogP contribution in [-0.4, -0.2) is 99.5 Å². The molecule has 0 aromatic rings. The zero-order valence-electron chi connectivity index (χ0n) is 30.4. The van der Waals surface area contributed by atoms with Gasteiger partial charge in [-0.1, -0.05) is 39.9 Å². The fourth-order valence-electron chi connectivity index (χ4n) is 8.17. The molecule has 0 spiro atoms. The van der Waals surface area contributed by atoms with E-state index in [1.54, 1.807) is 32.7 Å². The fraction of sp³-hybridized carbons (Fsp3) is 0.879. The summed E-state index contributed by atoms with van der Waals surface area (Å²) in [5.41, 5.74) is -0.923. The first-order valence-electron chi connectivity index (χ1n) is 17.6. The van der Waals surface area contributed by atoms with Gasteiger partial charge < -0.3 is 40.2 Å². The van der Waals surface area contributed by atoms with Crippen molar-refractivity contribution in [1.82, 2.24) is 26.2 Å². The summed E-state index contributed by atoms with van der Waals surface area (Å²) in [7, 11) is -0.820. The van der Waals surface area contributed by atoms with Gasteiger partial charge in [-0.05, 0) is 89.5 Å². The first-order chi connectivity index (χ1) is 21.7. The number of urea groups is 1. The van der Waals surface area contributed by atoms with Crippen LogP contribution in [0.15, 0.2) is 0 Å². The van der Waals surface area contributed by atoms with Crippen LogP contribution in [0.4, 0.5) is 9.59 Å². The van der Waals surface area contributed by atoms with E-state index in [1.165, 1.54) is 0 Å². The van der Waals surface area contributed by atoms with E-state index in [-0.39, 0.29) is 29.4 Å². The minimum absolute atomic E-state index is 0.0237. The van der Waals surface area contributed by atoms with Gasteiger partial charge in [-0.3, -0.25) is 9.59 Å². The van der Waals surface area contributed by atoms with E-state index >= 15 is 0 Å². The average molecular weight is 678 g/mol. The molecule has 3 saturated carbocycles. The molecule has 2 aliphatic heterocycles. The number of carbonyl (C=O) groups is 4. The van der Waals surface area contributed by atoms with E-state index in [4.69, 9.17) is 14.0 Å². The van der Waals surface area contributed by atoms with Crippen LogP contribution < -0.4 is 21.3 Å². The third kappa shape index (κ3) is 8.83. The molecule has 0 aromatic heterocycles. The molecule has 2 bridgehead atoms. The Hall–Kier alpha value is -2.32. The van der Waals surface area contributed by atoms with Crippen molar-refractivity contribution in [1.29, 1.82) is 0 Å². The molecule has 5 fully saturated rings. The highest BCUT2D eigenvalue weighted by Crippen LogP contribution is 2.65. The van der Waals surface area contributed by atoms with Crippen LogP contribution >= 0.6 is 0 Å². The molecular weight excluding hydrogens is 617 g/mol. The first kappa shape index (κ1) is 37.5. The van der Waals surface area contributed by atoms with Crippen LogP contribution in [0.3, 0.4) is 0 Å². The van der Waals surface area contributed by atoms with Gasteiger partial charge in [0.25, 0.3) is 0 Å². The van der Waals surface area contributed by atoms with E-state index in [0.29, 0.717) is 50.2 Å². The largest absolute Gasteiger partial charge is 0.481 e. The Morgan fingerprint density at radius 1 is 1.06 bits per heavy atom. The highest BCUT2D eigenvalue weighted by molar-refractivity contribution is 6.76. The molecule has 14 heteroatoms. The maximum Gasteiger partial charge on any atom is 0.481 e. The van der Waals surface area contributed by atoms with Gasteiger partial charge >= 0.3 is 19.2 Å². The van der Waals surface area contributed by atoms with E-state index in [1.807, 2.05) is 0 Å². The van der Waals surface area contributed by atoms with Gasteiger partial charge in [-0.25, -0.2) is 9.59 Å². The standard InChI is InChI=1S/C33H60BN5O7Si/c1-31(2,3)44-30(43)37-22(20-47(8,9)10)28(41)39-17-13-14-23(39)27(40)38-26(15-11-12-16-36-29(42)35-7)34-45-25-19-21-18-24(32(21,4)5)33(25,6)46-34/h21-26H,11-20H2,1-10H3,(H,37,43)(H,38,40)(H2,35,36,42)/t21-,22+,23-,24-,25+,26-,33-/m0/s1. The molecule has 3 aliphatic carbocycles. The number of hydrogen-bond acceptors (Lipinski definition) is 7. The number of alkyl carbamates (subject to hydrolysis) is 1. The Bertz CT molecular complexity index is 1180. The predicted molar refractivity (Wildman–Crippen MR) is 184 cm³/mol. The second-order valence-corrected chi connectivity index (χ2v) is 22.6. The maximum absolute atomic E-state index is 14.0. The molecule has 47 heavy (non-hydrogen) atoms. The van der Waals surface area contributed by atoms with Gasteiger partial charge in [-0.2, -0.15) is 0 Å². The van der Waals surface area contributed by atoms with Crippen molar-refractivity contribution in [2.45, 2.75) is 148 Å². The Morgan fingerprint density at radius 3 is 2.38 bits per heavy atom. The van der Waals surface area contributed by atoms with Crippen molar-refractivity contribution in [3.63, 3.8) is 0 Å². The quantitative estimate of drug-likeness (QED) is 0.180. The number of nitrogens with zero attached hydrogens (tertiary/aromatic N) is 1. The van der Waals surface area contributed by atoms with Crippen LogP contribution in [0.5, 0.6) is 0 Å². The summed E-state index contributed by atoms with van der Waals surface area (Å²) in [5.74, 6) is 0.0983. The summed E-state index contributed by atoms with van der Waals surface area (Å²) < 4.78 is 18.9. The molecule has 7 atom stereocenters. The molecule has 0 aromatic carbocycles. The third-order valence-electron chi connectivity index (χ3n) is 10.7. The fourth-order valence-corrected chi connectivity index (χ4v) is 9.67. The molecule has 5 amide bonds. The lowest BCUT2D eigenvalue weighted by atomic mass is 9.43. The van der Waals surface area contributed by atoms with Gasteiger partial charge in [0.2, 0.25) is 11.8 Å². The minimum Gasteiger partial charge on any atom is -0.444 e. The van der Waals surface area contributed by atoms with Gasteiger partial charge in [0.15, 0.2) is 0 Å². The lowest BCUT2D eigenvalue weighted by molar-refractivity contribution is -0.199. The zero-order chi connectivity index (χ0) is 34.9. The van der Waals surface area contributed by atoms with Crippen LogP contribution in [0.25, 0.3) is 0 Å². The van der Waals surface area contributed by atoms with Gasteiger partial charge in [-0.15, -0.1) is 0 Å². The van der Waals surface area contributed by atoms with E-state index < -0.39 is 50.5 Å². The van der Waals surface area contributed by atoms with Crippen molar-refractivity contribution in [2.24, 2.45) is 17.3 Å². The number of amides is 5. The van der Waals surface area contributed by atoms with Crippen molar-refractivity contribution in [2.75, 3.05) is 20.1 Å². The average Bonchev–Trinajstić information content (AvgIpc) is 3.58. The molecule has 5 aliphatic rings. The SMILES string of the molecule is CNC(=O)NCCCC[C@H](NC(=O)[C@@H]1CCCN1C(=O)[C@@H](C[Si](C)(C)C)NC(=O)OC(C)(C)C)B1O[C@@H]2C[C@@H]3C[C@@H](C3(C)C)[C@]2(C)O1. The molecule has 0 radical (unpaired) electrons. The Balaban J connectivity index is 1.47. The highest BCUT2D eigenvalue weighted by Gasteiger charge is 2.68. The summed E-state index contributed by atoms with van der Waals surface area (Å²) in [6.07, 6.45) is 4.73. The van der Waals surface area contributed by atoms with Gasteiger partial charge in [0, 0.05) is 28.2 Å². The van der Waals surface area contributed by atoms with Crippen molar-refractivity contribution in [3.8, 4) is 0 Å². The van der Waals surface area contributed by atoms with E-state index in [0.717, 1.165) is 25.7 Å². The number of unbranched alkanes of at least 4 members (excludes halogenated alkanes) is 1. The Labute approximate surface area is 283 Å². The van der Waals surface area contributed by atoms with Gasteiger partial charge in [0.05, 0.1) is 17.6 Å². The summed E-state index contributed by atoms with van der Waals surface area (Å²) >= 11 is 0. The molecule has 5 rings (SSSR count). The molecular formula is C33H60BN5O7Si. The number of rotatable bonds is 12. The minimum atomic E-state index is -1.80. The molecule has 4 N–H and O–H groups in total. The highest BCUT2D eigenvalue weighted by atomic mass is 28.3. The second-order valence-electron chi connectivity index (χ2n) is 17.1.